The second-order valence-corrected chi connectivity index (χ2v) is 5.98. The second-order valence-electron chi connectivity index (χ2n) is 5.98. The molecule has 0 aromatic heterocycles. The largest absolute Gasteiger partial charge is 0.508 e. The van der Waals surface area contributed by atoms with Crippen molar-refractivity contribution in [3.63, 3.8) is 0 Å². The van der Waals surface area contributed by atoms with Crippen LogP contribution in [0.5, 0.6) is 5.75 Å². The standard InChI is InChI=1S/C17H28N6O3/c1-21-10-15(25)14(3-2-8-22-17(19)20)23-16(26)13(18)9-11-4-6-12(24)7-5-11/h4-7,13-14,21,24H,2-3,8-10,18H2,1H3,(H,23,26)(H4,19,20,22). The number of carbonyl (C=O) groups is 2. The Morgan fingerprint density at radius 1 is 1.23 bits per heavy atom. The number of Topliss-reactive ketones (excluding diaryl/α,β-unsaturated/α-hetero) is 1. The zero-order valence-electron chi connectivity index (χ0n) is 14.9. The van der Waals surface area contributed by atoms with E-state index in [1.807, 2.05) is 0 Å². The van der Waals surface area contributed by atoms with Gasteiger partial charge in [-0.05, 0) is 44.0 Å². The van der Waals surface area contributed by atoms with Crippen LogP contribution < -0.4 is 27.8 Å². The average molecular weight is 364 g/mol. The van der Waals surface area contributed by atoms with Gasteiger partial charge in [0, 0.05) is 6.54 Å². The quantitative estimate of drug-likeness (QED) is 0.159. The van der Waals surface area contributed by atoms with E-state index in [1.165, 1.54) is 12.1 Å². The normalized spacial score (nSPS) is 12.8. The van der Waals surface area contributed by atoms with Gasteiger partial charge in [-0.15, -0.1) is 0 Å². The number of nitrogens with two attached hydrogens (primary N) is 3. The van der Waals surface area contributed by atoms with Crippen LogP contribution in [-0.4, -0.2) is 55.0 Å². The molecule has 2 unspecified atom stereocenters. The number of phenols is 1. The molecule has 0 bridgehead atoms. The number of guanidine groups is 1. The Kier molecular flexibility index (Phi) is 9.10. The van der Waals surface area contributed by atoms with Crippen LogP contribution >= 0.6 is 0 Å². The van der Waals surface area contributed by atoms with Crippen LogP contribution in [-0.2, 0) is 16.0 Å². The van der Waals surface area contributed by atoms with Crippen molar-refractivity contribution in [3.05, 3.63) is 29.8 Å². The summed E-state index contributed by atoms with van der Waals surface area (Å²) in [6.07, 6.45) is 1.26. The summed E-state index contributed by atoms with van der Waals surface area (Å²) in [4.78, 5) is 28.4. The molecule has 0 saturated heterocycles. The predicted octanol–water partition coefficient (Wildman–Crippen LogP) is -1.41. The highest BCUT2D eigenvalue weighted by molar-refractivity contribution is 5.91. The third-order valence-corrected chi connectivity index (χ3v) is 3.73. The van der Waals surface area contributed by atoms with Gasteiger partial charge in [0.15, 0.2) is 11.7 Å². The molecule has 0 aliphatic carbocycles. The van der Waals surface area contributed by atoms with Gasteiger partial charge in [-0.3, -0.25) is 14.6 Å². The fourth-order valence-electron chi connectivity index (χ4n) is 2.37. The maximum Gasteiger partial charge on any atom is 0.237 e. The van der Waals surface area contributed by atoms with Gasteiger partial charge in [-0.2, -0.15) is 0 Å². The SMILES string of the molecule is CNCC(=O)C(CCCN=C(N)N)NC(=O)C(N)Cc1ccc(O)cc1. The number of benzene rings is 1. The number of hydrogen-bond acceptors (Lipinski definition) is 6. The van der Waals surface area contributed by atoms with Gasteiger partial charge in [-0.1, -0.05) is 12.1 Å². The van der Waals surface area contributed by atoms with Crippen molar-refractivity contribution in [1.82, 2.24) is 10.6 Å². The van der Waals surface area contributed by atoms with Crippen molar-refractivity contribution in [2.24, 2.45) is 22.2 Å². The van der Waals surface area contributed by atoms with Gasteiger partial charge in [-0.25, -0.2) is 0 Å². The molecule has 0 heterocycles. The molecule has 2 atom stereocenters. The van der Waals surface area contributed by atoms with Gasteiger partial charge in [0.05, 0.1) is 18.6 Å². The zero-order chi connectivity index (χ0) is 19.5. The molecule has 1 aromatic rings. The molecule has 0 radical (unpaired) electrons. The maximum atomic E-state index is 12.3. The Balaban J connectivity index is 2.62. The smallest absolute Gasteiger partial charge is 0.237 e. The van der Waals surface area contributed by atoms with Crippen LogP contribution in [0.15, 0.2) is 29.3 Å². The van der Waals surface area contributed by atoms with Crippen molar-refractivity contribution in [3.8, 4) is 5.75 Å². The first kappa shape index (κ1) is 21.4. The fraction of sp³-hybridized carbons (Fsp3) is 0.471. The van der Waals surface area contributed by atoms with E-state index in [-0.39, 0.29) is 24.0 Å². The molecule has 0 fully saturated rings. The number of aromatic hydroxyl groups is 1. The lowest BCUT2D eigenvalue weighted by Crippen LogP contribution is -2.50. The van der Waals surface area contributed by atoms with Gasteiger partial charge in [0.2, 0.25) is 5.91 Å². The Bertz CT molecular complexity index is 613. The zero-order valence-corrected chi connectivity index (χ0v) is 14.9. The molecule has 26 heavy (non-hydrogen) atoms. The van der Waals surface area contributed by atoms with Crippen molar-refractivity contribution in [2.75, 3.05) is 20.1 Å². The number of rotatable bonds is 11. The molecule has 9 N–H and O–H groups in total. The summed E-state index contributed by atoms with van der Waals surface area (Å²) in [6.45, 7) is 0.515. The highest BCUT2D eigenvalue weighted by Crippen LogP contribution is 2.11. The number of likely N-dealkylation sites (N-methyl/N-ethyl adjacent to an activating group) is 1. The number of nitrogens with one attached hydrogen (secondary N) is 2. The van der Waals surface area contributed by atoms with Gasteiger partial charge in [0.25, 0.3) is 0 Å². The molecular weight excluding hydrogens is 336 g/mol. The topological polar surface area (TPSA) is 169 Å². The first-order valence-electron chi connectivity index (χ1n) is 8.40. The van der Waals surface area contributed by atoms with E-state index >= 15 is 0 Å². The van der Waals surface area contributed by atoms with Crippen LogP contribution in [0.3, 0.4) is 0 Å². The number of amides is 1. The first-order chi connectivity index (χ1) is 12.3. The highest BCUT2D eigenvalue weighted by Gasteiger charge is 2.23. The van der Waals surface area contributed by atoms with E-state index in [0.717, 1.165) is 5.56 Å². The number of phenolic OH excluding ortho intramolecular Hbond substituents is 1. The Hall–Kier alpha value is -2.65. The number of carbonyl (C=O) groups excluding carboxylic acids is 2. The monoisotopic (exact) mass is 364 g/mol. The summed E-state index contributed by atoms with van der Waals surface area (Å²) in [5.41, 5.74) is 17.3. The van der Waals surface area contributed by atoms with Crippen LogP contribution in [0.4, 0.5) is 0 Å². The summed E-state index contributed by atoms with van der Waals surface area (Å²) in [6, 6.07) is 4.99. The van der Waals surface area contributed by atoms with E-state index in [4.69, 9.17) is 17.2 Å². The van der Waals surface area contributed by atoms with Gasteiger partial charge in [0.1, 0.15) is 5.75 Å². The van der Waals surface area contributed by atoms with Crippen LogP contribution in [0, 0.1) is 0 Å². The van der Waals surface area contributed by atoms with Gasteiger partial charge >= 0.3 is 0 Å². The number of nitrogens with zero attached hydrogens (tertiary/aromatic N) is 1. The first-order valence-corrected chi connectivity index (χ1v) is 8.40. The minimum absolute atomic E-state index is 0.0111. The van der Waals surface area contributed by atoms with E-state index in [2.05, 4.69) is 15.6 Å². The summed E-state index contributed by atoms with van der Waals surface area (Å²) < 4.78 is 0. The molecule has 0 aliphatic heterocycles. The lowest BCUT2D eigenvalue weighted by atomic mass is 10.0. The lowest BCUT2D eigenvalue weighted by molar-refractivity contribution is -0.128. The third-order valence-electron chi connectivity index (χ3n) is 3.73. The number of ketones is 1. The van der Waals surface area contributed by atoms with Crippen LogP contribution in [0.25, 0.3) is 0 Å². The Labute approximate surface area is 153 Å². The molecule has 0 saturated carbocycles. The van der Waals surface area contributed by atoms with Crippen LogP contribution in [0.2, 0.25) is 0 Å². The van der Waals surface area contributed by atoms with Crippen molar-refractivity contribution >= 4 is 17.6 Å². The minimum atomic E-state index is -0.804. The fourth-order valence-corrected chi connectivity index (χ4v) is 2.37. The molecule has 1 amide bonds. The van der Waals surface area contributed by atoms with Crippen molar-refractivity contribution in [1.29, 1.82) is 0 Å². The lowest BCUT2D eigenvalue weighted by Gasteiger charge is -2.20. The number of hydrogen-bond donors (Lipinski definition) is 6. The molecule has 0 aliphatic rings. The summed E-state index contributed by atoms with van der Waals surface area (Å²) in [5, 5.41) is 14.8. The maximum absolute atomic E-state index is 12.3. The summed E-state index contributed by atoms with van der Waals surface area (Å²) in [5.74, 6) is -0.412. The van der Waals surface area contributed by atoms with Crippen molar-refractivity contribution in [2.45, 2.75) is 31.3 Å². The molecule has 1 rings (SSSR count). The predicted molar refractivity (Wildman–Crippen MR) is 101 cm³/mol. The molecule has 144 valence electrons. The Morgan fingerprint density at radius 3 is 2.46 bits per heavy atom. The van der Waals surface area contributed by atoms with E-state index in [1.54, 1.807) is 19.2 Å². The van der Waals surface area contributed by atoms with Gasteiger partial charge < -0.3 is 32.9 Å². The minimum Gasteiger partial charge on any atom is -0.508 e. The summed E-state index contributed by atoms with van der Waals surface area (Å²) >= 11 is 0. The number of aliphatic imine (C=N–C) groups is 1. The Morgan fingerprint density at radius 2 is 1.88 bits per heavy atom. The molecule has 0 spiro atoms. The molecule has 1 aromatic carbocycles. The third kappa shape index (κ3) is 7.95. The summed E-state index contributed by atoms with van der Waals surface area (Å²) in [7, 11) is 1.66. The average Bonchev–Trinajstić information content (AvgIpc) is 2.59. The molecule has 9 nitrogen and oxygen atoms in total. The van der Waals surface area contributed by atoms with E-state index < -0.39 is 18.0 Å². The molecular formula is C17H28N6O3. The molecule has 9 heteroatoms. The van der Waals surface area contributed by atoms with E-state index in [9.17, 15) is 14.7 Å². The van der Waals surface area contributed by atoms with Crippen molar-refractivity contribution < 1.29 is 14.7 Å². The van der Waals surface area contributed by atoms with Crippen LogP contribution in [0.1, 0.15) is 18.4 Å². The highest BCUT2D eigenvalue weighted by atomic mass is 16.3. The second kappa shape index (κ2) is 11.1. The van der Waals surface area contributed by atoms with E-state index in [0.29, 0.717) is 25.8 Å².